The third-order valence-electron chi connectivity index (χ3n) is 6.43. The molecule has 1 saturated heterocycles. The van der Waals surface area contributed by atoms with Gasteiger partial charge in [-0.25, -0.2) is 9.97 Å². The number of fused-ring (bicyclic) bond motifs is 1. The molecule has 9 nitrogen and oxygen atoms in total. The van der Waals surface area contributed by atoms with E-state index in [4.69, 9.17) is 4.98 Å². The van der Waals surface area contributed by atoms with Gasteiger partial charge in [0.25, 0.3) is 11.8 Å². The zero-order valence-corrected chi connectivity index (χ0v) is 20.6. The van der Waals surface area contributed by atoms with Gasteiger partial charge in [0.15, 0.2) is 0 Å². The Morgan fingerprint density at radius 1 is 1.16 bits per heavy atom. The topological polar surface area (TPSA) is 113 Å². The van der Waals surface area contributed by atoms with E-state index >= 15 is 0 Å². The van der Waals surface area contributed by atoms with Gasteiger partial charge >= 0.3 is 0 Å². The predicted octanol–water partition coefficient (Wildman–Crippen LogP) is 3.53. The van der Waals surface area contributed by atoms with Gasteiger partial charge in [0, 0.05) is 36.3 Å². The van der Waals surface area contributed by atoms with Crippen LogP contribution in [0.25, 0.3) is 16.8 Å². The lowest BCUT2D eigenvalue weighted by atomic mass is 10.1. The summed E-state index contributed by atoms with van der Waals surface area (Å²) in [5.41, 5.74) is 4.01. The lowest BCUT2D eigenvalue weighted by molar-refractivity contribution is -0.126. The van der Waals surface area contributed by atoms with Crippen LogP contribution in [0.3, 0.4) is 0 Å². The van der Waals surface area contributed by atoms with E-state index in [1.54, 1.807) is 48.6 Å². The second kappa shape index (κ2) is 10.2. The molecule has 0 aliphatic carbocycles. The highest BCUT2D eigenvalue weighted by molar-refractivity contribution is 6.04. The first kappa shape index (κ1) is 24.2. The molecular weight excluding hydrogens is 468 g/mol. The van der Waals surface area contributed by atoms with Crippen LogP contribution >= 0.6 is 0 Å². The molecule has 9 heteroatoms. The summed E-state index contributed by atoms with van der Waals surface area (Å²) in [7, 11) is 0. The van der Waals surface area contributed by atoms with Crippen molar-refractivity contribution in [2.75, 3.05) is 11.9 Å². The number of aliphatic hydroxyl groups excluding tert-OH is 1. The van der Waals surface area contributed by atoms with Crippen LogP contribution in [0.5, 0.6) is 0 Å². The molecule has 2 N–H and O–H groups in total. The summed E-state index contributed by atoms with van der Waals surface area (Å²) in [4.78, 5) is 40.6. The number of hydrogen-bond acceptors (Lipinski definition) is 6. The molecule has 4 heterocycles. The number of aryl methyl sites for hydroxylation is 1. The number of rotatable bonds is 5. The number of imidazole rings is 1. The van der Waals surface area contributed by atoms with Crippen LogP contribution in [0.1, 0.15) is 53.2 Å². The summed E-state index contributed by atoms with van der Waals surface area (Å²) in [6, 6.07) is 10.5. The zero-order valence-electron chi connectivity index (χ0n) is 20.6. The highest BCUT2D eigenvalue weighted by Gasteiger charge is 2.33. The first-order valence-electron chi connectivity index (χ1n) is 12.0. The van der Waals surface area contributed by atoms with Crippen molar-refractivity contribution in [3.63, 3.8) is 0 Å². The van der Waals surface area contributed by atoms with Gasteiger partial charge in [-0.15, -0.1) is 0 Å². The van der Waals surface area contributed by atoms with Crippen LogP contribution < -0.4 is 5.32 Å². The monoisotopic (exact) mass is 494 g/mol. The van der Waals surface area contributed by atoms with Crippen molar-refractivity contribution in [1.82, 2.24) is 24.3 Å². The summed E-state index contributed by atoms with van der Waals surface area (Å²) in [6.07, 6.45) is 6.68. The fourth-order valence-corrected chi connectivity index (χ4v) is 4.71. The number of nitrogens with one attached hydrogen (secondary N) is 1. The summed E-state index contributed by atoms with van der Waals surface area (Å²) in [5.74, 6) is 6.01. The van der Waals surface area contributed by atoms with Gasteiger partial charge in [-0.05, 0) is 62.4 Å². The van der Waals surface area contributed by atoms with Crippen molar-refractivity contribution in [3.05, 3.63) is 77.6 Å². The first-order chi connectivity index (χ1) is 18.0. The van der Waals surface area contributed by atoms with Gasteiger partial charge in [0.2, 0.25) is 0 Å². The lowest BCUT2D eigenvalue weighted by Crippen LogP contribution is -2.30. The van der Waals surface area contributed by atoms with Crippen molar-refractivity contribution in [2.45, 2.75) is 39.3 Å². The first-order valence-corrected chi connectivity index (χ1v) is 12.0. The fraction of sp³-hybridized carbons (Fsp3) is 0.250. The van der Waals surface area contributed by atoms with Crippen LogP contribution in [0.2, 0.25) is 0 Å². The number of hydrogen-bond donors (Lipinski definition) is 2. The number of benzene rings is 1. The molecule has 0 bridgehead atoms. The van der Waals surface area contributed by atoms with Crippen molar-refractivity contribution in [2.24, 2.45) is 0 Å². The molecule has 1 aliphatic rings. The molecule has 37 heavy (non-hydrogen) atoms. The van der Waals surface area contributed by atoms with Crippen LogP contribution in [-0.4, -0.2) is 47.7 Å². The van der Waals surface area contributed by atoms with Crippen LogP contribution in [0.15, 0.2) is 55.0 Å². The SMILES string of the molecule is CC#CC(=O)N1CCC[C@H]1c1nc(-c2ccc(C(=O)Nc3cc(C)ccn3)cc2)c2c(CO)nccn12. The molecule has 1 aliphatic heterocycles. The van der Waals surface area contributed by atoms with E-state index in [1.165, 1.54) is 0 Å². The molecule has 0 radical (unpaired) electrons. The highest BCUT2D eigenvalue weighted by atomic mass is 16.3. The van der Waals surface area contributed by atoms with Crippen molar-refractivity contribution < 1.29 is 14.7 Å². The largest absolute Gasteiger partial charge is 0.390 e. The number of amides is 2. The molecule has 5 rings (SSSR count). The van der Waals surface area contributed by atoms with E-state index in [9.17, 15) is 14.7 Å². The Bertz CT molecular complexity index is 1550. The normalized spacial score (nSPS) is 14.9. The smallest absolute Gasteiger partial charge is 0.299 e. The minimum absolute atomic E-state index is 0.224. The second-order valence-electron chi connectivity index (χ2n) is 8.85. The number of likely N-dealkylation sites (tertiary alicyclic amines) is 1. The van der Waals surface area contributed by atoms with E-state index in [0.717, 1.165) is 24.0 Å². The maximum atomic E-state index is 12.8. The minimum atomic E-state index is -0.269. The Hall–Kier alpha value is -4.55. The summed E-state index contributed by atoms with van der Waals surface area (Å²) in [6.45, 7) is 3.93. The van der Waals surface area contributed by atoms with E-state index in [-0.39, 0.29) is 24.5 Å². The average molecular weight is 495 g/mol. The number of anilines is 1. The second-order valence-corrected chi connectivity index (χ2v) is 8.85. The quantitative estimate of drug-likeness (QED) is 0.411. The highest BCUT2D eigenvalue weighted by Crippen LogP contribution is 2.36. The van der Waals surface area contributed by atoms with Gasteiger partial charge < -0.3 is 15.3 Å². The summed E-state index contributed by atoms with van der Waals surface area (Å²) >= 11 is 0. The van der Waals surface area contributed by atoms with E-state index in [0.29, 0.717) is 40.7 Å². The molecular formula is C28H26N6O3. The maximum Gasteiger partial charge on any atom is 0.299 e. The maximum absolute atomic E-state index is 12.8. The van der Waals surface area contributed by atoms with Crippen LogP contribution in [0.4, 0.5) is 5.82 Å². The summed E-state index contributed by atoms with van der Waals surface area (Å²) < 4.78 is 1.90. The average Bonchev–Trinajstić information content (AvgIpc) is 3.54. The number of pyridine rings is 1. The number of aromatic nitrogens is 4. The van der Waals surface area contributed by atoms with Gasteiger partial charge in [0.1, 0.15) is 11.6 Å². The van der Waals surface area contributed by atoms with Gasteiger partial charge in [-0.2, -0.15) is 0 Å². The molecule has 0 saturated carbocycles. The molecule has 1 fully saturated rings. The van der Waals surface area contributed by atoms with Gasteiger partial charge in [0.05, 0.1) is 29.6 Å². The number of nitrogens with zero attached hydrogens (tertiary/aromatic N) is 5. The number of carbonyl (C=O) groups is 2. The minimum Gasteiger partial charge on any atom is -0.390 e. The Morgan fingerprint density at radius 2 is 1.97 bits per heavy atom. The standard InChI is InChI=1S/C28H26N6O3/c1-3-5-24(36)33-14-4-6-22(33)27-32-25(26-21(17-35)29-13-15-34(26)27)19-7-9-20(10-8-19)28(37)31-23-16-18(2)11-12-30-23/h7-13,15-16,22,35H,4,6,14,17H2,1-2H3,(H,30,31,37)/t22-/m0/s1. The molecule has 3 aromatic heterocycles. The molecule has 2 amide bonds. The number of aliphatic hydroxyl groups is 1. The Labute approximate surface area is 214 Å². The lowest BCUT2D eigenvalue weighted by Gasteiger charge is -2.21. The van der Waals surface area contributed by atoms with E-state index in [2.05, 4.69) is 27.1 Å². The Morgan fingerprint density at radius 3 is 2.70 bits per heavy atom. The molecule has 1 atom stereocenters. The van der Waals surface area contributed by atoms with Crippen molar-refractivity contribution in [1.29, 1.82) is 0 Å². The molecule has 186 valence electrons. The van der Waals surface area contributed by atoms with Crippen molar-refractivity contribution in [3.8, 4) is 23.1 Å². The van der Waals surface area contributed by atoms with Crippen molar-refractivity contribution >= 4 is 23.1 Å². The number of carbonyl (C=O) groups excluding carboxylic acids is 2. The molecule has 0 unspecified atom stereocenters. The van der Waals surface area contributed by atoms with Crippen LogP contribution in [0, 0.1) is 18.8 Å². The summed E-state index contributed by atoms with van der Waals surface area (Å²) in [5, 5.41) is 12.8. The van der Waals surface area contributed by atoms with E-state index < -0.39 is 0 Å². The van der Waals surface area contributed by atoms with E-state index in [1.807, 2.05) is 29.5 Å². The third kappa shape index (κ3) is 4.67. The predicted molar refractivity (Wildman–Crippen MR) is 138 cm³/mol. The molecule has 0 spiro atoms. The zero-order chi connectivity index (χ0) is 25.9. The van der Waals surface area contributed by atoms with Crippen LogP contribution in [-0.2, 0) is 11.4 Å². The Kier molecular flexibility index (Phi) is 6.66. The molecule has 1 aromatic carbocycles. The fourth-order valence-electron chi connectivity index (χ4n) is 4.71. The van der Waals surface area contributed by atoms with Gasteiger partial charge in [-0.1, -0.05) is 18.1 Å². The molecule has 4 aromatic rings. The Balaban J connectivity index is 1.52. The third-order valence-corrected chi connectivity index (χ3v) is 6.43. The van der Waals surface area contributed by atoms with Gasteiger partial charge in [-0.3, -0.25) is 19.0 Å².